The number of carbonyl (C=O) groups is 2. The van der Waals surface area contributed by atoms with E-state index in [0.717, 1.165) is 48.6 Å². The zero-order chi connectivity index (χ0) is 27.2. The van der Waals surface area contributed by atoms with Gasteiger partial charge in [-0.25, -0.2) is 8.42 Å². The monoisotopic (exact) mass is 539 g/mol. The molecule has 2 aromatic heterocycles. The second-order valence-electron chi connectivity index (χ2n) is 10.5. The molecule has 2 N–H and O–H groups in total. The molecule has 2 heterocycles. The van der Waals surface area contributed by atoms with Gasteiger partial charge >= 0.3 is 5.97 Å². The molecule has 10 heteroatoms. The molecular weight excluding hydrogens is 506 g/mol. The molecule has 2 fully saturated rings. The van der Waals surface area contributed by atoms with Gasteiger partial charge in [-0.3, -0.25) is 13.9 Å². The van der Waals surface area contributed by atoms with Crippen molar-refractivity contribution in [3.8, 4) is 11.3 Å². The van der Waals surface area contributed by atoms with Crippen LogP contribution < -0.4 is 9.62 Å². The van der Waals surface area contributed by atoms with Gasteiger partial charge in [0.25, 0.3) is 5.91 Å². The minimum absolute atomic E-state index is 0.0820. The number of furan rings is 1. The van der Waals surface area contributed by atoms with Gasteiger partial charge in [0, 0.05) is 19.2 Å². The summed E-state index contributed by atoms with van der Waals surface area (Å²) in [4.78, 5) is 29.4. The molecule has 3 aromatic rings. The Balaban J connectivity index is 1.62. The third kappa shape index (κ3) is 5.01. The molecule has 5 rings (SSSR count). The second-order valence-corrected chi connectivity index (χ2v) is 12.4. The summed E-state index contributed by atoms with van der Waals surface area (Å²) in [5.74, 6) is -0.839. The number of nitrogens with zero attached hydrogens (tertiary/aromatic N) is 2. The van der Waals surface area contributed by atoms with Crippen molar-refractivity contribution in [3.63, 3.8) is 0 Å². The maximum Gasteiger partial charge on any atom is 0.306 e. The van der Waals surface area contributed by atoms with Crippen molar-refractivity contribution < 1.29 is 27.5 Å². The van der Waals surface area contributed by atoms with Gasteiger partial charge in [-0.15, -0.1) is 0 Å². The van der Waals surface area contributed by atoms with Gasteiger partial charge in [-0.1, -0.05) is 36.2 Å². The number of aliphatic carboxylic acids is 1. The van der Waals surface area contributed by atoms with Crippen LogP contribution in [0.2, 0.25) is 0 Å². The molecule has 0 aliphatic heterocycles. The number of carbonyl (C=O) groups excluding carboxylic acids is 1. The number of aromatic nitrogens is 1. The molecular formula is C28H33N3O6S. The van der Waals surface area contributed by atoms with Crippen LogP contribution >= 0.6 is 0 Å². The van der Waals surface area contributed by atoms with E-state index in [9.17, 15) is 23.1 Å². The number of sulfonamides is 1. The van der Waals surface area contributed by atoms with E-state index >= 15 is 0 Å². The number of hydrogen-bond acceptors (Lipinski definition) is 6. The first kappa shape index (κ1) is 26.2. The van der Waals surface area contributed by atoms with Crippen LogP contribution in [0.1, 0.15) is 65.9 Å². The Morgan fingerprint density at radius 1 is 1.16 bits per heavy atom. The lowest BCUT2D eigenvalue weighted by Crippen LogP contribution is -2.34. The van der Waals surface area contributed by atoms with Gasteiger partial charge in [0.05, 0.1) is 23.1 Å². The highest BCUT2D eigenvalue weighted by Crippen LogP contribution is 2.47. The molecule has 1 amide bonds. The molecule has 0 bridgehead atoms. The van der Waals surface area contributed by atoms with Crippen LogP contribution in [0, 0.1) is 18.8 Å². The minimum Gasteiger partial charge on any atom is -0.481 e. The smallest absolute Gasteiger partial charge is 0.306 e. The van der Waals surface area contributed by atoms with Crippen LogP contribution in [0.25, 0.3) is 22.4 Å². The van der Waals surface area contributed by atoms with Crippen molar-refractivity contribution in [1.82, 2.24) is 10.3 Å². The summed E-state index contributed by atoms with van der Waals surface area (Å²) in [6.45, 7) is 2.11. The number of carboxylic acids is 1. The van der Waals surface area contributed by atoms with Crippen molar-refractivity contribution in [2.45, 2.75) is 51.4 Å². The molecule has 38 heavy (non-hydrogen) atoms. The van der Waals surface area contributed by atoms with Crippen molar-refractivity contribution in [2.75, 3.05) is 24.2 Å². The molecule has 0 spiro atoms. The van der Waals surface area contributed by atoms with Crippen molar-refractivity contribution in [3.05, 3.63) is 47.0 Å². The predicted molar refractivity (Wildman–Crippen MR) is 145 cm³/mol. The molecule has 2 aliphatic carbocycles. The maximum absolute atomic E-state index is 13.0. The SMILES string of the molecule is CNC(=O)c1c(-c2ccc(C)cc2)oc2nc(N(CCC3CCCC3C(=O)O)S(C)(=O)=O)c(C3CC3)cc12. The van der Waals surface area contributed by atoms with E-state index in [-0.39, 0.29) is 30.0 Å². The Hall–Kier alpha value is -3.40. The van der Waals surface area contributed by atoms with Crippen molar-refractivity contribution >= 4 is 38.8 Å². The maximum atomic E-state index is 13.0. The molecule has 202 valence electrons. The average molecular weight is 540 g/mol. The molecule has 1 aromatic carbocycles. The van der Waals surface area contributed by atoms with Gasteiger partial charge in [0.1, 0.15) is 11.6 Å². The lowest BCUT2D eigenvalue weighted by molar-refractivity contribution is -0.142. The highest BCUT2D eigenvalue weighted by molar-refractivity contribution is 7.92. The second kappa shape index (κ2) is 10.1. The zero-order valence-corrected chi connectivity index (χ0v) is 22.7. The fourth-order valence-electron chi connectivity index (χ4n) is 5.60. The summed E-state index contributed by atoms with van der Waals surface area (Å²) < 4.78 is 33.5. The largest absolute Gasteiger partial charge is 0.481 e. The molecule has 9 nitrogen and oxygen atoms in total. The topological polar surface area (TPSA) is 130 Å². The van der Waals surface area contributed by atoms with Crippen LogP contribution in [-0.4, -0.2) is 50.2 Å². The first-order valence-electron chi connectivity index (χ1n) is 13.1. The van der Waals surface area contributed by atoms with Crippen LogP contribution in [-0.2, 0) is 14.8 Å². The summed E-state index contributed by atoms with van der Waals surface area (Å²) in [5.41, 5.74) is 3.12. The van der Waals surface area contributed by atoms with Crippen LogP contribution in [0.3, 0.4) is 0 Å². The molecule has 0 radical (unpaired) electrons. The van der Waals surface area contributed by atoms with E-state index < -0.39 is 21.9 Å². The lowest BCUT2D eigenvalue weighted by Gasteiger charge is -2.26. The third-order valence-electron chi connectivity index (χ3n) is 7.79. The zero-order valence-electron chi connectivity index (χ0n) is 21.9. The molecule has 2 saturated carbocycles. The number of nitrogens with one attached hydrogen (secondary N) is 1. The Morgan fingerprint density at radius 3 is 2.47 bits per heavy atom. The fraction of sp³-hybridized carbons (Fsp3) is 0.464. The van der Waals surface area contributed by atoms with E-state index in [4.69, 9.17) is 9.40 Å². The summed E-state index contributed by atoms with van der Waals surface area (Å²) in [7, 11) is -2.17. The Bertz CT molecular complexity index is 1490. The quantitative estimate of drug-likeness (QED) is 0.403. The van der Waals surface area contributed by atoms with E-state index in [1.807, 2.05) is 37.3 Å². The van der Waals surface area contributed by atoms with E-state index in [1.54, 1.807) is 7.05 Å². The molecule has 2 unspecified atom stereocenters. The number of anilines is 1. The molecule has 2 aliphatic rings. The summed E-state index contributed by atoms with van der Waals surface area (Å²) in [6.07, 6.45) is 5.60. The normalized spacial score (nSPS) is 19.6. The van der Waals surface area contributed by atoms with Crippen molar-refractivity contribution in [2.24, 2.45) is 11.8 Å². The van der Waals surface area contributed by atoms with E-state index in [2.05, 4.69) is 5.32 Å². The standard InChI is InChI=1S/C28H33N3O6S/c1-16-7-9-19(10-8-16)24-23(26(32)29-2)22-15-21(18-11-12-18)25(30-27(22)37-24)31(38(3,35)36)14-13-17-5-4-6-20(17)28(33)34/h7-10,15,17-18,20H,4-6,11-14H2,1-3H3,(H,29,32)(H,33,34). The number of amides is 1. The average Bonchev–Trinajstić information content (AvgIpc) is 3.48. The lowest BCUT2D eigenvalue weighted by atomic mass is 9.93. The van der Waals surface area contributed by atoms with Gasteiger partial charge in [0.15, 0.2) is 0 Å². The third-order valence-corrected chi connectivity index (χ3v) is 8.95. The summed E-state index contributed by atoms with van der Waals surface area (Å²) >= 11 is 0. The number of pyridine rings is 1. The number of rotatable bonds is 9. The number of benzene rings is 1. The van der Waals surface area contributed by atoms with Gasteiger partial charge < -0.3 is 14.8 Å². The predicted octanol–water partition coefficient (Wildman–Crippen LogP) is 4.70. The number of carboxylic acid groups (broad SMARTS) is 1. The highest BCUT2D eigenvalue weighted by atomic mass is 32.2. The van der Waals surface area contributed by atoms with Gasteiger partial charge in [-0.05, 0) is 62.5 Å². The Morgan fingerprint density at radius 2 is 1.87 bits per heavy atom. The Kier molecular flexibility index (Phi) is 6.94. The van der Waals surface area contributed by atoms with Crippen LogP contribution in [0.5, 0.6) is 0 Å². The van der Waals surface area contributed by atoms with E-state index in [0.29, 0.717) is 35.4 Å². The van der Waals surface area contributed by atoms with Crippen LogP contribution in [0.4, 0.5) is 5.82 Å². The number of hydrogen-bond donors (Lipinski definition) is 2. The highest BCUT2D eigenvalue weighted by Gasteiger charge is 2.37. The molecule has 0 saturated heterocycles. The van der Waals surface area contributed by atoms with Gasteiger partial charge in [0.2, 0.25) is 15.7 Å². The summed E-state index contributed by atoms with van der Waals surface area (Å²) in [6, 6.07) is 9.48. The molecule has 2 atom stereocenters. The Labute approximate surface area is 222 Å². The first-order valence-corrected chi connectivity index (χ1v) is 14.9. The fourth-order valence-corrected chi connectivity index (χ4v) is 6.50. The number of fused-ring (bicyclic) bond motifs is 1. The number of aryl methyl sites for hydroxylation is 1. The first-order chi connectivity index (χ1) is 18.1. The van der Waals surface area contributed by atoms with Crippen molar-refractivity contribution in [1.29, 1.82) is 0 Å². The van der Waals surface area contributed by atoms with Crippen LogP contribution in [0.15, 0.2) is 34.7 Å². The van der Waals surface area contributed by atoms with E-state index in [1.165, 1.54) is 4.31 Å². The van der Waals surface area contributed by atoms with Gasteiger partial charge in [-0.2, -0.15) is 4.98 Å². The summed E-state index contributed by atoms with van der Waals surface area (Å²) in [5, 5.41) is 12.8. The minimum atomic E-state index is -3.72.